The molecular formula is C15H22FNO. The number of nitrogens with zero attached hydrogens (tertiary/aromatic N) is 1. The average molecular weight is 251 g/mol. The van der Waals surface area contributed by atoms with Crippen LogP contribution < -0.4 is 5.56 Å². The molecule has 0 amide bonds. The molecule has 1 heterocycles. The molecule has 0 fully saturated rings. The summed E-state index contributed by atoms with van der Waals surface area (Å²) in [6.07, 6.45) is 0. The lowest BCUT2D eigenvalue weighted by atomic mass is 10.2. The molecule has 2 aromatic rings. The molecule has 0 bridgehead atoms. The van der Waals surface area contributed by atoms with E-state index in [-0.39, 0.29) is 11.4 Å². The van der Waals surface area contributed by atoms with Crippen LogP contribution >= 0.6 is 0 Å². The molecule has 0 aliphatic carbocycles. The molecule has 0 radical (unpaired) electrons. The minimum Gasteiger partial charge on any atom is -0.308 e. The van der Waals surface area contributed by atoms with Gasteiger partial charge in [-0.25, -0.2) is 4.39 Å². The van der Waals surface area contributed by atoms with E-state index in [0.29, 0.717) is 12.1 Å². The summed E-state index contributed by atoms with van der Waals surface area (Å²) in [4.78, 5) is 11.4. The van der Waals surface area contributed by atoms with E-state index in [1.807, 2.05) is 34.6 Å². The lowest BCUT2D eigenvalue weighted by Gasteiger charge is -2.06. The summed E-state index contributed by atoms with van der Waals surface area (Å²) in [5, 5.41) is 0.882. The summed E-state index contributed by atoms with van der Waals surface area (Å²) in [7, 11) is 0. The first-order valence-corrected chi connectivity index (χ1v) is 6.51. The van der Waals surface area contributed by atoms with Crippen LogP contribution in [0.3, 0.4) is 0 Å². The van der Waals surface area contributed by atoms with Crippen LogP contribution in [0.2, 0.25) is 0 Å². The van der Waals surface area contributed by atoms with E-state index in [4.69, 9.17) is 0 Å². The summed E-state index contributed by atoms with van der Waals surface area (Å²) in [5.74, 6) is -0.315. The largest absolute Gasteiger partial charge is 0.308 e. The van der Waals surface area contributed by atoms with Gasteiger partial charge in [-0.2, -0.15) is 0 Å². The van der Waals surface area contributed by atoms with Crippen molar-refractivity contribution in [3.63, 3.8) is 0 Å². The van der Waals surface area contributed by atoms with Crippen molar-refractivity contribution < 1.29 is 4.39 Å². The molecule has 0 unspecified atom stereocenters. The lowest BCUT2D eigenvalue weighted by molar-refractivity contribution is 0.627. The van der Waals surface area contributed by atoms with Gasteiger partial charge in [-0.15, -0.1) is 0 Å². The third-order valence-corrected chi connectivity index (χ3v) is 2.27. The maximum absolute atomic E-state index is 13.0. The molecule has 0 saturated carbocycles. The van der Waals surface area contributed by atoms with Crippen molar-refractivity contribution in [1.29, 1.82) is 0 Å². The molecule has 18 heavy (non-hydrogen) atoms. The van der Waals surface area contributed by atoms with Crippen LogP contribution in [0.15, 0.2) is 35.1 Å². The van der Waals surface area contributed by atoms with Gasteiger partial charge >= 0.3 is 0 Å². The number of pyridine rings is 1. The van der Waals surface area contributed by atoms with Gasteiger partial charge in [0.05, 0.1) is 5.52 Å². The second-order valence-electron chi connectivity index (χ2n) is 3.12. The predicted octanol–water partition coefficient (Wildman–Crippen LogP) is 4.21. The Kier molecular flexibility index (Phi) is 7.68. The summed E-state index contributed by atoms with van der Waals surface area (Å²) in [5.41, 5.74) is 0.561. The number of fused-ring (bicyclic) bond motifs is 1. The summed E-state index contributed by atoms with van der Waals surface area (Å²) in [6.45, 7) is 10.4. The highest BCUT2D eigenvalue weighted by Crippen LogP contribution is 2.13. The van der Waals surface area contributed by atoms with Gasteiger partial charge in [-0.05, 0) is 36.6 Å². The molecule has 0 aliphatic heterocycles. The fourth-order valence-electron chi connectivity index (χ4n) is 1.59. The molecule has 3 heteroatoms. The van der Waals surface area contributed by atoms with E-state index in [0.717, 1.165) is 5.39 Å². The fraction of sp³-hybridized carbons (Fsp3) is 0.400. The molecule has 100 valence electrons. The number of hydrogen-bond acceptors (Lipinski definition) is 1. The average Bonchev–Trinajstić information content (AvgIpc) is 2.43. The predicted molar refractivity (Wildman–Crippen MR) is 76.5 cm³/mol. The Bertz CT molecular complexity index is 531. The second kappa shape index (κ2) is 8.45. The van der Waals surface area contributed by atoms with Gasteiger partial charge in [0.25, 0.3) is 5.56 Å². The zero-order chi connectivity index (χ0) is 14.1. The van der Waals surface area contributed by atoms with Gasteiger partial charge in [0.15, 0.2) is 0 Å². The highest BCUT2D eigenvalue weighted by Gasteiger charge is 2.01. The maximum atomic E-state index is 13.0. The molecule has 0 N–H and O–H groups in total. The minimum atomic E-state index is -0.315. The number of rotatable bonds is 1. The van der Waals surface area contributed by atoms with Crippen LogP contribution in [0.4, 0.5) is 4.39 Å². The van der Waals surface area contributed by atoms with E-state index in [1.54, 1.807) is 16.7 Å². The van der Waals surface area contributed by atoms with Gasteiger partial charge in [0, 0.05) is 12.6 Å². The van der Waals surface area contributed by atoms with Crippen molar-refractivity contribution in [2.24, 2.45) is 0 Å². The van der Waals surface area contributed by atoms with Crippen LogP contribution in [0.5, 0.6) is 0 Å². The van der Waals surface area contributed by atoms with Crippen molar-refractivity contribution in [2.75, 3.05) is 0 Å². The van der Waals surface area contributed by atoms with Gasteiger partial charge in [-0.1, -0.05) is 27.7 Å². The Morgan fingerprint density at radius 1 is 1.06 bits per heavy atom. The number of hydrogen-bond donors (Lipinski definition) is 0. The zero-order valence-corrected chi connectivity index (χ0v) is 11.8. The normalized spacial score (nSPS) is 9.00. The number of aryl methyl sites for hydroxylation is 1. The highest BCUT2D eigenvalue weighted by atomic mass is 19.1. The van der Waals surface area contributed by atoms with Gasteiger partial charge in [0.2, 0.25) is 0 Å². The van der Waals surface area contributed by atoms with E-state index < -0.39 is 0 Å². The van der Waals surface area contributed by atoms with Crippen LogP contribution in [0.1, 0.15) is 34.6 Å². The first kappa shape index (κ1) is 16.4. The Morgan fingerprint density at radius 2 is 1.61 bits per heavy atom. The Labute approximate surface area is 108 Å². The molecule has 2 rings (SSSR count). The Morgan fingerprint density at radius 3 is 2.17 bits per heavy atom. The molecule has 2 nitrogen and oxygen atoms in total. The van der Waals surface area contributed by atoms with Crippen LogP contribution in [0.25, 0.3) is 10.9 Å². The zero-order valence-electron chi connectivity index (χ0n) is 11.8. The number of aromatic nitrogens is 1. The summed E-state index contributed by atoms with van der Waals surface area (Å²) >= 11 is 0. The van der Waals surface area contributed by atoms with Crippen molar-refractivity contribution in [1.82, 2.24) is 4.57 Å². The third kappa shape index (κ3) is 3.69. The molecule has 0 atom stereocenters. The van der Waals surface area contributed by atoms with Crippen molar-refractivity contribution in [3.8, 4) is 0 Å². The number of benzene rings is 1. The third-order valence-electron chi connectivity index (χ3n) is 2.27. The first-order chi connectivity index (χ1) is 8.72. The molecule has 1 aromatic heterocycles. The topological polar surface area (TPSA) is 22.0 Å². The Balaban J connectivity index is 0.000000659. The first-order valence-electron chi connectivity index (χ1n) is 6.51. The fourth-order valence-corrected chi connectivity index (χ4v) is 1.59. The molecule has 0 spiro atoms. The second-order valence-corrected chi connectivity index (χ2v) is 3.12. The highest BCUT2D eigenvalue weighted by molar-refractivity contribution is 5.78. The maximum Gasteiger partial charge on any atom is 0.251 e. The number of halogens is 1. The lowest BCUT2D eigenvalue weighted by Crippen LogP contribution is -2.17. The summed E-state index contributed by atoms with van der Waals surface area (Å²) < 4.78 is 14.5. The van der Waals surface area contributed by atoms with Crippen LogP contribution in [-0.4, -0.2) is 4.57 Å². The summed E-state index contributed by atoms with van der Waals surface area (Å²) in [6, 6.07) is 7.68. The standard InChI is InChI=1S/C11H10FNO.2C2H6/c1-2-13-10-7-9(12)5-3-8(10)4-6-11(13)14;2*1-2/h3-7H,2H2,1H3;2*1-2H3. The molecular weight excluding hydrogens is 229 g/mol. The Hall–Kier alpha value is -1.64. The SMILES string of the molecule is CC.CC.CCn1c(=O)ccc2ccc(F)cc21. The van der Waals surface area contributed by atoms with Crippen molar-refractivity contribution >= 4 is 10.9 Å². The van der Waals surface area contributed by atoms with Gasteiger partial charge in [-0.3, -0.25) is 4.79 Å². The molecule has 0 aliphatic rings. The van der Waals surface area contributed by atoms with Crippen molar-refractivity contribution in [2.45, 2.75) is 41.2 Å². The van der Waals surface area contributed by atoms with E-state index in [9.17, 15) is 9.18 Å². The monoisotopic (exact) mass is 251 g/mol. The smallest absolute Gasteiger partial charge is 0.251 e. The minimum absolute atomic E-state index is 0.0920. The quantitative estimate of drug-likeness (QED) is 0.744. The van der Waals surface area contributed by atoms with E-state index >= 15 is 0 Å². The molecule has 1 aromatic carbocycles. The van der Waals surface area contributed by atoms with Crippen LogP contribution in [0, 0.1) is 5.82 Å². The van der Waals surface area contributed by atoms with Crippen LogP contribution in [-0.2, 0) is 6.54 Å². The van der Waals surface area contributed by atoms with E-state index in [2.05, 4.69) is 0 Å². The van der Waals surface area contributed by atoms with Gasteiger partial charge in [0.1, 0.15) is 5.82 Å². The van der Waals surface area contributed by atoms with E-state index in [1.165, 1.54) is 18.2 Å². The van der Waals surface area contributed by atoms with Crippen molar-refractivity contribution in [3.05, 3.63) is 46.5 Å². The molecule has 0 saturated heterocycles. The van der Waals surface area contributed by atoms with Gasteiger partial charge < -0.3 is 4.57 Å².